The number of rotatable bonds is 3. The van der Waals surface area contributed by atoms with Crippen molar-refractivity contribution >= 4 is 22.4 Å². The number of nitrogens with zero attached hydrogens (tertiary/aromatic N) is 3. The summed E-state index contributed by atoms with van der Waals surface area (Å²) in [5, 5.41) is 7.84. The van der Waals surface area contributed by atoms with Gasteiger partial charge in [0.2, 0.25) is 16.0 Å². The maximum absolute atomic E-state index is 12.2. The highest BCUT2D eigenvalue weighted by Crippen LogP contribution is 2.33. The Bertz CT molecular complexity index is 404. The van der Waals surface area contributed by atoms with E-state index in [0.717, 1.165) is 0 Å². The zero-order chi connectivity index (χ0) is 13.2. The van der Waals surface area contributed by atoms with Gasteiger partial charge in [0.15, 0.2) is 0 Å². The fourth-order valence-electron chi connectivity index (χ4n) is 1.03. The summed E-state index contributed by atoms with van der Waals surface area (Å²) in [5.41, 5.74) is 0. The summed E-state index contributed by atoms with van der Waals surface area (Å²) in [6, 6.07) is -0.654. The van der Waals surface area contributed by atoms with Crippen LogP contribution in [-0.4, -0.2) is 41.1 Å². The molecule has 0 aromatic carbocycles. The molecule has 1 amide bonds. The molecular formula is C8H11F3N4OS. The molecule has 1 aromatic rings. The standard InChI is InChI=1S/C8H11F3N4OS/c1-4(5(16)15(2)3)12-7-14-13-6(17-7)8(9,10)11/h4H,1-3H3,(H,12,14)/t4-/m0/s1. The van der Waals surface area contributed by atoms with E-state index in [1.54, 1.807) is 14.1 Å². The minimum absolute atomic E-state index is 0.0278. The first-order valence-electron chi connectivity index (χ1n) is 4.60. The Morgan fingerprint density at radius 1 is 1.41 bits per heavy atom. The van der Waals surface area contributed by atoms with Crippen molar-refractivity contribution in [2.45, 2.75) is 19.1 Å². The summed E-state index contributed by atoms with van der Waals surface area (Å²) >= 11 is 0.368. The van der Waals surface area contributed by atoms with E-state index in [-0.39, 0.29) is 11.0 Å². The molecule has 0 radical (unpaired) electrons. The van der Waals surface area contributed by atoms with Gasteiger partial charge in [0.1, 0.15) is 6.04 Å². The van der Waals surface area contributed by atoms with Gasteiger partial charge in [0.05, 0.1) is 0 Å². The summed E-state index contributed by atoms with van der Waals surface area (Å²) in [5.74, 6) is -0.256. The second-order valence-corrected chi connectivity index (χ2v) is 4.49. The van der Waals surface area contributed by atoms with Crippen LogP contribution in [0.1, 0.15) is 11.9 Å². The predicted molar refractivity (Wildman–Crippen MR) is 56.7 cm³/mol. The molecule has 0 unspecified atom stereocenters. The van der Waals surface area contributed by atoms with E-state index in [4.69, 9.17) is 0 Å². The number of alkyl halides is 3. The van der Waals surface area contributed by atoms with Crippen molar-refractivity contribution in [3.05, 3.63) is 5.01 Å². The van der Waals surface area contributed by atoms with Gasteiger partial charge in [-0.1, -0.05) is 11.3 Å². The van der Waals surface area contributed by atoms with Crippen LogP contribution in [0.15, 0.2) is 0 Å². The minimum atomic E-state index is -4.51. The number of anilines is 1. The lowest BCUT2D eigenvalue weighted by Gasteiger charge is -2.16. The van der Waals surface area contributed by atoms with E-state index in [2.05, 4.69) is 15.5 Å². The first-order valence-corrected chi connectivity index (χ1v) is 5.42. The molecule has 5 nitrogen and oxygen atoms in total. The SMILES string of the molecule is C[C@H](Nc1nnc(C(F)(F)F)s1)C(=O)N(C)C. The zero-order valence-corrected chi connectivity index (χ0v) is 10.2. The van der Waals surface area contributed by atoms with Gasteiger partial charge in [-0.2, -0.15) is 13.2 Å². The molecule has 0 fully saturated rings. The van der Waals surface area contributed by atoms with Crippen LogP contribution in [0.5, 0.6) is 0 Å². The molecule has 96 valence electrons. The van der Waals surface area contributed by atoms with Crippen LogP contribution in [0.4, 0.5) is 18.3 Å². The van der Waals surface area contributed by atoms with Crippen molar-refractivity contribution in [2.75, 3.05) is 19.4 Å². The van der Waals surface area contributed by atoms with E-state index in [0.29, 0.717) is 11.3 Å². The van der Waals surface area contributed by atoms with Crippen LogP contribution in [0.2, 0.25) is 0 Å². The average Bonchev–Trinajstić information content (AvgIpc) is 2.64. The maximum atomic E-state index is 12.2. The number of likely N-dealkylation sites (N-methyl/N-ethyl adjacent to an activating group) is 1. The van der Waals surface area contributed by atoms with Gasteiger partial charge in [-0.25, -0.2) is 0 Å². The molecule has 0 saturated heterocycles. The Balaban J connectivity index is 2.70. The zero-order valence-electron chi connectivity index (χ0n) is 9.37. The van der Waals surface area contributed by atoms with Crippen LogP contribution < -0.4 is 5.32 Å². The lowest BCUT2D eigenvalue weighted by Crippen LogP contribution is -2.36. The molecule has 0 aliphatic heterocycles. The Hall–Kier alpha value is -1.38. The van der Waals surface area contributed by atoms with Gasteiger partial charge in [-0.3, -0.25) is 4.79 Å². The van der Waals surface area contributed by atoms with Crippen molar-refractivity contribution in [1.29, 1.82) is 0 Å². The Labute approximate surface area is 99.6 Å². The van der Waals surface area contributed by atoms with E-state index >= 15 is 0 Å². The van der Waals surface area contributed by atoms with Crippen molar-refractivity contribution < 1.29 is 18.0 Å². The van der Waals surface area contributed by atoms with E-state index < -0.39 is 17.2 Å². The van der Waals surface area contributed by atoms with Crippen molar-refractivity contribution in [1.82, 2.24) is 15.1 Å². The van der Waals surface area contributed by atoms with E-state index in [1.807, 2.05) is 0 Å². The average molecular weight is 268 g/mol. The molecule has 0 saturated carbocycles. The second-order valence-electron chi connectivity index (χ2n) is 3.51. The largest absolute Gasteiger partial charge is 0.445 e. The first kappa shape index (κ1) is 13.7. The first-order chi connectivity index (χ1) is 7.71. The fraction of sp³-hybridized carbons (Fsp3) is 0.625. The number of halogens is 3. The predicted octanol–water partition coefficient (Wildman–Crippen LogP) is 1.45. The Morgan fingerprint density at radius 2 is 2.00 bits per heavy atom. The van der Waals surface area contributed by atoms with Crippen LogP contribution in [-0.2, 0) is 11.0 Å². The molecule has 1 rings (SSSR count). The van der Waals surface area contributed by atoms with Gasteiger partial charge in [-0.05, 0) is 6.92 Å². The van der Waals surface area contributed by atoms with Crippen molar-refractivity contribution in [3.63, 3.8) is 0 Å². The Morgan fingerprint density at radius 3 is 2.41 bits per heavy atom. The minimum Gasteiger partial charge on any atom is -0.349 e. The number of nitrogens with one attached hydrogen (secondary N) is 1. The smallest absolute Gasteiger partial charge is 0.349 e. The lowest BCUT2D eigenvalue weighted by atomic mass is 10.3. The summed E-state index contributed by atoms with van der Waals surface area (Å²) in [7, 11) is 3.11. The van der Waals surface area contributed by atoms with Crippen LogP contribution >= 0.6 is 11.3 Å². The van der Waals surface area contributed by atoms with Crippen molar-refractivity contribution in [3.8, 4) is 0 Å². The van der Waals surface area contributed by atoms with E-state index in [9.17, 15) is 18.0 Å². The number of amides is 1. The Kier molecular flexibility index (Phi) is 3.91. The topological polar surface area (TPSA) is 58.1 Å². The van der Waals surface area contributed by atoms with Gasteiger partial charge in [0.25, 0.3) is 0 Å². The number of aromatic nitrogens is 2. The van der Waals surface area contributed by atoms with Gasteiger partial charge in [0, 0.05) is 14.1 Å². The molecule has 0 spiro atoms. The van der Waals surface area contributed by atoms with Crippen LogP contribution in [0.3, 0.4) is 0 Å². The van der Waals surface area contributed by atoms with Gasteiger partial charge < -0.3 is 10.2 Å². The van der Waals surface area contributed by atoms with Crippen LogP contribution in [0, 0.1) is 0 Å². The van der Waals surface area contributed by atoms with E-state index in [1.165, 1.54) is 11.8 Å². The summed E-state index contributed by atoms with van der Waals surface area (Å²) < 4.78 is 36.7. The fourth-order valence-corrected chi connectivity index (χ4v) is 1.73. The maximum Gasteiger partial charge on any atom is 0.445 e. The van der Waals surface area contributed by atoms with Gasteiger partial charge in [-0.15, -0.1) is 10.2 Å². The third kappa shape index (κ3) is 3.55. The molecule has 0 bridgehead atoms. The summed E-state index contributed by atoms with van der Waals surface area (Å²) in [6.45, 7) is 1.54. The van der Waals surface area contributed by atoms with Gasteiger partial charge >= 0.3 is 6.18 Å². The normalized spacial score (nSPS) is 13.3. The molecule has 9 heteroatoms. The molecule has 1 heterocycles. The molecule has 0 aliphatic carbocycles. The van der Waals surface area contributed by atoms with Crippen molar-refractivity contribution in [2.24, 2.45) is 0 Å². The second kappa shape index (κ2) is 4.86. The monoisotopic (exact) mass is 268 g/mol. The summed E-state index contributed by atoms with van der Waals surface area (Å²) in [6.07, 6.45) is -4.51. The highest BCUT2D eigenvalue weighted by Gasteiger charge is 2.35. The van der Waals surface area contributed by atoms with Crippen LogP contribution in [0.25, 0.3) is 0 Å². The molecular weight excluding hydrogens is 257 g/mol. The summed E-state index contributed by atoms with van der Waals surface area (Å²) in [4.78, 5) is 12.8. The number of hydrogen-bond donors (Lipinski definition) is 1. The number of hydrogen-bond acceptors (Lipinski definition) is 5. The molecule has 0 aliphatic rings. The molecule has 1 N–H and O–H groups in total. The quantitative estimate of drug-likeness (QED) is 0.901. The number of carbonyl (C=O) groups excluding carboxylic acids is 1. The third-order valence-corrected chi connectivity index (χ3v) is 2.72. The molecule has 1 aromatic heterocycles. The highest BCUT2D eigenvalue weighted by atomic mass is 32.1. The lowest BCUT2D eigenvalue weighted by molar-refractivity contribution is -0.138. The molecule has 17 heavy (non-hydrogen) atoms. The highest BCUT2D eigenvalue weighted by molar-refractivity contribution is 7.15. The molecule has 1 atom stereocenters. The number of carbonyl (C=O) groups is 1. The third-order valence-electron chi connectivity index (χ3n) is 1.82.